The van der Waals surface area contributed by atoms with Crippen molar-refractivity contribution in [2.45, 2.75) is 65.7 Å². The second-order valence-electron chi connectivity index (χ2n) is 8.19. The fourth-order valence-electron chi connectivity index (χ4n) is 4.98. The third-order valence-corrected chi connectivity index (χ3v) is 8.28. The summed E-state index contributed by atoms with van der Waals surface area (Å²) in [6.45, 7) is 6.23. The van der Waals surface area contributed by atoms with E-state index >= 15 is 0 Å². The number of ketones is 1. The Balaban J connectivity index is 1.62. The number of nitrogens with zero attached hydrogens (tertiary/aromatic N) is 1. The Morgan fingerprint density at radius 3 is 2.52 bits per heavy atom. The van der Waals surface area contributed by atoms with Crippen LogP contribution in [-0.4, -0.2) is 16.7 Å². The summed E-state index contributed by atoms with van der Waals surface area (Å²) in [5, 5.41) is 3.79. The van der Waals surface area contributed by atoms with E-state index in [1.54, 1.807) is 11.3 Å². The van der Waals surface area contributed by atoms with Gasteiger partial charge in [0, 0.05) is 16.7 Å². The Bertz CT molecular complexity index is 684. The van der Waals surface area contributed by atoms with Crippen LogP contribution in [0.15, 0.2) is 0 Å². The highest BCUT2D eigenvalue weighted by molar-refractivity contribution is 7.15. The van der Waals surface area contributed by atoms with E-state index in [0.29, 0.717) is 6.42 Å². The van der Waals surface area contributed by atoms with E-state index in [1.165, 1.54) is 17.7 Å². The van der Waals surface area contributed by atoms with Crippen LogP contribution in [0.25, 0.3) is 0 Å². The number of hydrogen-bond acceptors (Lipinski definition) is 4. The molecule has 3 aliphatic carbocycles. The lowest BCUT2D eigenvalue weighted by molar-refractivity contribution is -0.131. The zero-order valence-electron chi connectivity index (χ0n) is 14.1. The molecular formula is C18H24N2O2S. The Morgan fingerprint density at radius 2 is 1.91 bits per heavy atom. The Kier molecular flexibility index (Phi) is 3.10. The summed E-state index contributed by atoms with van der Waals surface area (Å²) in [6.07, 6.45) is 6.51. The number of carbonyl (C=O) groups is 2. The van der Waals surface area contributed by atoms with Crippen molar-refractivity contribution >= 4 is 28.2 Å². The number of amides is 1. The van der Waals surface area contributed by atoms with E-state index in [-0.39, 0.29) is 22.5 Å². The molecule has 0 aromatic carbocycles. The predicted molar refractivity (Wildman–Crippen MR) is 90.6 cm³/mol. The van der Waals surface area contributed by atoms with Crippen molar-refractivity contribution < 1.29 is 9.59 Å². The third-order valence-electron chi connectivity index (χ3n) is 7.21. The Hall–Kier alpha value is -1.23. The highest BCUT2D eigenvalue weighted by atomic mass is 32.1. The molecule has 2 bridgehead atoms. The van der Waals surface area contributed by atoms with Gasteiger partial charge in [0.05, 0.1) is 11.1 Å². The lowest BCUT2D eigenvalue weighted by Crippen LogP contribution is -2.43. The predicted octanol–water partition coefficient (Wildman–Crippen LogP) is 3.75. The molecule has 23 heavy (non-hydrogen) atoms. The van der Waals surface area contributed by atoms with Gasteiger partial charge in [0.1, 0.15) is 5.78 Å². The minimum atomic E-state index is -0.564. The first kappa shape index (κ1) is 15.3. The van der Waals surface area contributed by atoms with Crippen LogP contribution in [0.1, 0.15) is 63.4 Å². The molecule has 1 amide bonds. The smallest absolute Gasteiger partial charge is 0.233 e. The van der Waals surface area contributed by atoms with Gasteiger partial charge < -0.3 is 5.32 Å². The maximum absolute atomic E-state index is 13.1. The van der Waals surface area contributed by atoms with E-state index in [1.807, 2.05) is 6.92 Å². The van der Waals surface area contributed by atoms with Crippen LogP contribution in [0.4, 0.5) is 5.13 Å². The zero-order valence-corrected chi connectivity index (χ0v) is 14.9. The van der Waals surface area contributed by atoms with Crippen molar-refractivity contribution in [1.29, 1.82) is 0 Å². The molecule has 0 saturated heterocycles. The van der Waals surface area contributed by atoms with Gasteiger partial charge in [0.25, 0.3) is 0 Å². The highest BCUT2D eigenvalue weighted by Crippen LogP contribution is 2.70. The summed E-state index contributed by atoms with van der Waals surface area (Å²) in [5.74, 6) is 0.255. The molecule has 0 spiro atoms. The van der Waals surface area contributed by atoms with Gasteiger partial charge in [-0.1, -0.05) is 20.8 Å². The van der Waals surface area contributed by atoms with Crippen LogP contribution in [0.5, 0.6) is 0 Å². The average molecular weight is 332 g/mol. The topological polar surface area (TPSA) is 59.1 Å². The van der Waals surface area contributed by atoms with E-state index < -0.39 is 5.41 Å². The first-order chi connectivity index (χ1) is 10.8. The maximum Gasteiger partial charge on any atom is 0.233 e. The molecule has 1 heterocycles. The molecule has 1 N–H and O–H groups in total. The SMILES string of the molecule is CC1(C)[C@]2(C(=O)Nc3nc4c(s3)CCCC4)CC[C@@]1(C)C(=O)C2. The van der Waals surface area contributed by atoms with Crippen LogP contribution in [-0.2, 0) is 22.4 Å². The molecule has 2 fully saturated rings. The molecule has 2 saturated carbocycles. The number of nitrogens with one attached hydrogen (secondary N) is 1. The molecule has 4 nitrogen and oxygen atoms in total. The van der Waals surface area contributed by atoms with Gasteiger partial charge in [0.15, 0.2) is 5.13 Å². The minimum absolute atomic E-state index is 0.00294. The second kappa shape index (κ2) is 4.65. The lowest BCUT2D eigenvalue weighted by Gasteiger charge is -2.38. The molecule has 0 radical (unpaired) electrons. The zero-order chi connectivity index (χ0) is 16.5. The fourth-order valence-corrected chi connectivity index (χ4v) is 6.03. The van der Waals surface area contributed by atoms with Gasteiger partial charge in [-0.15, -0.1) is 11.3 Å². The van der Waals surface area contributed by atoms with Crippen molar-refractivity contribution in [1.82, 2.24) is 4.98 Å². The summed E-state index contributed by atoms with van der Waals surface area (Å²) in [4.78, 5) is 31.6. The first-order valence-corrected chi connectivity index (χ1v) is 9.45. The first-order valence-electron chi connectivity index (χ1n) is 8.64. The number of carbonyl (C=O) groups excluding carboxylic acids is 2. The number of hydrogen-bond donors (Lipinski definition) is 1. The highest BCUT2D eigenvalue weighted by Gasteiger charge is 2.72. The van der Waals surface area contributed by atoms with Crippen LogP contribution in [0.3, 0.4) is 0 Å². The molecule has 1 aromatic heterocycles. The summed E-state index contributed by atoms with van der Waals surface area (Å²) in [6, 6.07) is 0. The summed E-state index contributed by atoms with van der Waals surface area (Å²) < 4.78 is 0. The van der Waals surface area contributed by atoms with Gasteiger partial charge in [-0.3, -0.25) is 9.59 Å². The summed E-state index contributed by atoms with van der Waals surface area (Å²) in [7, 11) is 0. The van der Waals surface area contributed by atoms with Crippen LogP contribution < -0.4 is 5.32 Å². The summed E-state index contributed by atoms with van der Waals surface area (Å²) in [5.41, 5.74) is -0.0535. The minimum Gasteiger partial charge on any atom is -0.301 e. The summed E-state index contributed by atoms with van der Waals surface area (Å²) >= 11 is 1.62. The van der Waals surface area contributed by atoms with Gasteiger partial charge in [-0.05, 0) is 43.9 Å². The van der Waals surface area contributed by atoms with Gasteiger partial charge in [0.2, 0.25) is 5.91 Å². The lowest BCUT2D eigenvalue weighted by atomic mass is 9.64. The molecule has 1 aromatic rings. The monoisotopic (exact) mass is 332 g/mol. The molecule has 0 aliphatic heterocycles. The molecule has 2 atom stereocenters. The fraction of sp³-hybridized carbons (Fsp3) is 0.722. The Morgan fingerprint density at radius 1 is 1.17 bits per heavy atom. The van der Waals surface area contributed by atoms with Crippen molar-refractivity contribution in [2.24, 2.45) is 16.2 Å². The molecule has 124 valence electrons. The van der Waals surface area contributed by atoms with Crippen molar-refractivity contribution in [2.75, 3.05) is 5.32 Å². The molecular weight excluding hydrogens is 308 g/mol. The van der Waals surface area contributed by atoms with Crippen molar-refractivity contribution in [3.63, 3.8) is 0 Å². The van der Waals surface area contributed by atoms with E-state index in [0.717, 1.165) is 36.5 Å². The van der Waals surface area contributed by atoms with Crippen LogP contribution in [0, 0.1) is 16.2 Å². The second-order valence-corrected chi connectivity index (χ2v) is 9.27. The maximum atomic E-state index is 13.1. The van der Waals surface area contributed by atoms with Crippen LogP contribution in [0.2, 0.25) is 0 Å². The number of fused-ring (bicyclic) bond motifs is 3. The average Bonchev–Trinajstić information content (AvgIpc) is 3.04. The largest absolute Gasteiger partial charge is 0.301 e. The van der Waals surface area contributed by atoms with E-state index in [2.05, 4.69) is 24.1 Å². The number of rotatable bonds is 2. The van der Waals surface area contributed by atoms with Crippen LogP contribution >= 0.6 is 11.3 Å². The van der Waals surface area contributed by atoms with Crippen molar-refractivity contribution in [3.8, 4) is 0 Å². The Labute approximate surface area is 141 Å². The number of aromatic nitrogens is 1. The number of aryl methyl sites for hydroxylation is 2. The molecule has 4 rings (SSSR count). The number of thiazole rings is 1. The van der Waals surface area contributed by atoms with Gasteiger partial charge >= 0.3 is 0 Å². The normalized spacial score (nSPS) is 34.5. The third kappa shape index (κ3) is 1.80. The number of Topliss-reactive ketones (excluding diaryl/α,β-unsaturated/α-hetero) is 1. The number of anilines is 1. The molecule has 3 aliphatic rings. The molecule has 5 heteroatoms. The van der Waals surface area contributed by atoms with E-state index in [9.17, 15) is 9.59 Å². The van der Waals surface area contributed by atoms with Gasteiger partial charge in [-0.25, -0.2) is 4.98 Å². The standard InChI is InChI=1S/C18H24N2O2S/c1-16(2)17(3)8-9-18(16,10-13(17)21)14(22)20-15-19-11-6-4-5-7-12(11)23-15/h4-10H2,1-3H3,(H,19,20,22)/t17-,18+/m0/s1. The van der Waals surface area contributed by atoms with Gasteiger partial charge in [-0.2, -0.15) is 0 Å². The van der Waals surface area contributed by atoms with Crippen molar-refractivity contribution in [3.05, 3.63) is 10.6 Å². The van der Waals surface area contributed by atoms with E-state index in [4.69, 9.17) is 0 Å². The molecule has 0 unspecified atom stereocenters. The quantitative estimate of drug-likeness (QED) is 0.897.